The number of H-pyrrole nitrogens is 1. The van der Waals surface area contributed by atoms with Gasteiger partial charge in [-0.3, -0.25) is 4.79 Å². The number of aromatic nitrogens is 2. The third kappa shape index (κ3) is 2.56. The second-order valence-corrected chi connectivity index (χ2v) is 6.47. The number of nitrogens with zero attached hydrogens (tertiary/aromatic N) is 2. The van der Waals surface area contributed by atoms with Crippen LogP contribution in [0.3, 0.4) is 0 Å². The van der Waals surface area contributed by atoms with Crippen LogP contribution in [-0.4, -0.2) is 36.1 Å². The highest BCUT2D eigenvalue weighted by Gasteiger charge is 2.37. The number of piperidine rings is 2. The zero-order chi connectivity index (χ0) is 13.3. The molecule has 2 aliphatic heterocycles. The van der Waals surface area contributed by atoms with Gasteiger partial charge >= 0.3 is 0 Å². The lowest BCUT2D eigenvalue weighted by Crippen LogP contribution is -2.51. The van der Waals surface area contributed by atoms with Crippen molar-refractivity contribution in [1.29, 1.82) is 0 Å². The summed E-state index contributed by atoms with van der Waals surface area (Å²) in [5.41, 5.74) is 0.256. The minimum atomic E-state index is -0.105. The summed E-state index contributed by atoms with van der Waals surface area (Å²) in [7, 11) is 0. The topological polar surface area (TPSA) is 61.0 Å². The zero-order valence-electron chi connectivity index (χ0n) is 10.9. The predicted octanol–water partition coefficient (Wildman–Crippen LogP) is 1.50. The molecule has 1 unspecified atom stereocenters. The Morgan fingerprint density at radius 1 is 1.37 bits per heavy atom. The molecule has 104 valence electrons. The first kappa shape index (κ1) is 13.1. The summed E-state index contributed by atoms with van der Waals surface area (Å²) in [4.78, 5) is 20.9. The fourth-order valence-electron chi connectivity index (χ4n) is 3.36. The van der Waals surface area contributed by atoms with Crippen molar-refractivity contribution in [3.8, 4) is 0 Å². The van der Waals surface area contributed by atoms with E-state index in [9.17, 15) is 4.79 Å². The van der Waals surface area contributed by atoms with Crippen LogP contribution in [0.4, 0.5) is 5.82 Å². The Bertz CT molecular complexity index is 504. The van der Waals surface area contributed by atoms with E-state index in [0.717, 1.165) is 32.0 Å². The zero-order valence-corrected chi connectivity index (χ0v) is 12.5. The van der Waals surface area contributed by atoms with Crippen LogP contribution in [0.15, 0.2) is 15.6 Å². The SMILES string of the molecule is O=c1[nH]cnc(N2CCCC3(CCCNC3)C2)c1Br. The van der Waals surface area contributed by atoms with E-state index in [-0.39, 0.29) is 5.56 Å². The van der Waals surface area contributed by atoms with Crippen molar-refractivity contribution in [2.75, 3.05) is 31.1 Å². The molecule has 3 heterocycles. The molecule has 2 aliphatic rings. The summed E-state index contributed by atoms with van der Waals surface area (Å²) in [6.45, 7) is 4.20. The molecule has 2 N–H and O–H groups in total. The summed E-state index contributed by atoms with van der Waals surface area (Å²) < 4.78 is 0.552. The Kier molecular flexibility index (Phi) is 3.62. The van der Waals surface area contributed by atoms with Crippen LogP contribution in [0, 0.1) is 5.41 Å². The van der Waals surface area contributed by atoms with E-state index in [0.29, 0.717) is 9.89 Å². The van der Waals surface area contributed by atoms with Crippen molar-refractivity contribution in [2.24, 2.45) is 5.41 Å². The molecule has 1 aromatic rings. The molecule has 1 aromatic heterocycles. The highest BCUT2D eigenvalue weighted by atomic mass is 79.9. The molecule has 1 spiro atoms. The molecule has 0 aliphatic carbocycles. The number of anilines is 1. The summed E-state index contributed by atoms with van der Waals surface area (Å²) in [5, 5.41) is 3.52. The maximum atomic E-state index is 11.7. The lowest BCUT2D eigenvalue weighted by molar-refractivity contribution is 0.172. The molecule has 2 saturated heterocycles. The van der Waals surface area contributed by atoms with Crippen molar-refractivity contribution in [2.45, 2.75) is 25.7 Å². The first-order valence-corrected chi connectivity index (χ1v) is 7.68. The van der Waals surface area contributed by atoms with E-state index < -0.39 is 0 Å². The highest BCUT2D eigenvalue weighted by molar-refractivity contribution is 9.10. The predicted molar refractivity (Wildman–Crippen MR) is 78.5 cm³/mol. The molecular weight excluding hydrogens is 308 g/mol. The van der Waals surface area contributed by atoms with E-state index in [1.807, 2.05) is 0 Å². The number of hydrogen-bond donors (Lipinski definition) is 2. The van der Waals surface area contributed by atoms with Crippen LogP contribution in [0.1, 0.15) is 25.7 Å². The van der Waals surface area contributed by atoms with E-state index >= 15 is 0 Å². The lowest BCUT2D eigenvalue weighted by atomic mass is 9.74. The maximum Gasteiger partial charge on any atom is 0.267 e. The molecule has 19 heavy (non-hydrogen) atoms. The Hall–Kier alpha value is -0.880. The first-order valence-electron chi connectivity index (χ1n) is 6.89. The number of halogens is 1. The van der Waals surface area contributed by atoms with Crippen molar-refractivity contribution < 1.29 is 0 Å². The second kappa shape index (κ2) is 5.25. The van der Waals surface area contributed by atoms with Gasteiger partial charge in [0, 0.05) is 25.0 Å². The Morgan fingerprint density at radius 2 is 2.21 bits per heavy atom. The van der Waals surface area contributed by atoms with Crippen molar-refractivity contribution >= 4 is 21.7 Å². The van der Waals surface area contributed by atoms with E-state index in [4.69, 9.17) is 0 Å². The van der Waals surface area contributed by atoms with Gasteiger partial charge < -0.3 is 15.2 Å². The van der Waals surface area contributed by atoms with Crippen molar-refractivity contribution in [3.05, 3.63) is 21.2 Å². The molecule has 0 radical (unpaired) electrons. The third-order valence-corrected chi connectivity index (χ3v) is 5.01. The molecule has 0 bridgehead atoms. The van der Waals surface area contributed by atoms with Gasteiger partial charge in [-0.2, -0.15) is 0 Å². The normalized spacial score (nSPS) is 27.7. The summed E-state index contributed by atoms with van der Waals surface area (Å²) >= 11 is 3.36. The van der Waals surface area contributed by atoms with Gasteiger partial charge in [-0.15, -0.1) is 0 Å². The van der Waals surface area contributed by atoms with Gasteiger partial charge in [-0.05, 0) is 48.2 Å². The number of nitrogens with one attached hydrogen (secondary N) is 2. The van der Waals surface area contributed by atoms with E-state index in [1.54, 1.807) is 0 Å². The second-order valence-electron chi connectivity index (χ2n) is 5.67. The van der Waals surface area contributed by atoms with Gasteiger partial charge in [-0.25, -0.2) is 4.98 Å². The molecule has 5 nitrogen and oxygen atoms in total. The van der Waals surface area contributed by atoms with Gasteiger partial charge in [0.2, 0.25) is 0 Å². The first-order chi connectivity index (χ1) is 9.20. The smallest absolute Gasteiger partial charge is 0.267 e. The molecule has 0 saturated carbocycles. The fourth-order valence-corrected chi connectivity index (χ4v) is 3.83. The third-order valence-electron chi connectivity index (χ3n) is 4.30. The molecule has 3 rings (SSSR count). The number of rotatable bonds is 1. The largest absolute Gasteiger partial charge is 0.355 e. The van der Waals surface area contributed by atoms with Crippen molar-refractivity contribution in [1.82, 2.24) is 15.3 Å². The average Bonchev–Trinajstić information content (AvgIpc) is 2.43. The van der Waals surface area contributed by atoms with Gasteiger partial charge in [0.1, 0.15) is 10.3 Å². The monoisotopic (exact) mass is 326 g/mol. The highest BCUT2D eigenvalue weighted by Crippen LogP contribution is 2.37. The van der Waals surface area contributed by atoms with E-state index in [1.165, 1.54) is 32.0 Å². The molecule has 6 heteroatoms. The van der Waals surface area contributed by atoms with Crippen LogP contribution >= 0.6 is 15.9 Å². The number of hydrogen-bond acceptors (Lipinski definition) is 4. The summed E-state index contributed by atoms with van der Waals surface area (Å²) in [5.74, 6) is 0.786. The number of aromatic amines is 1. The average molecular weight is 327 g/mol. The Labute approximate surface area is 120 Å². The van der Waals surface area contributed by atoms with Crippen LogP contribution in [0.2, 0.25) is 0 Å². The summed E-state index contributed by atoms with van der Waals surface area (Å²) in [6, 6.07) is 0. The molecule has 0 aromatic carbocycles. The minimum absolute atomic E-state index is 0.105. The van der Waals surface area contributed by atoms with E-state index in [2.05, 4.69) is 36.1 Å². The standard InChI is InChI=1S/C13H19BrN4O/c14-10-11(16-9-17-12(10)19)18-6-2-4-13(8-18)3-1-5-15-7-13/h9,15H,1-8H2,(H,16,17,19). The lowest BCUT2D eigenvalue weighted by Gasteiger charge is -2.45. The summed E-state index contributed by atoms with van der Waals surface area (Å²) in [6.07, 6.45) is 6.46. The van der Waals surface area contributed by atoms with Gasteiger partial charge in [0.05, 0.1) is 6.33 Å². The molecule has 0 amide bonds. The van der Waals surface area contributed by atoms with Gasteiger partial charge in [-0.1, -0.05) is 0 Å². The van der Waals surface area contributed by atoms with Crippen LogP contribution < -0.4 is 15.8 Å². The Morgan fingerprint density at radius 3 is 3.00 bits per heavy atom. The van der Waals surface area contributed by atoms with Crippen LogP contribution in [0.25, 0.3) is 0 Å². The van der Waals surface area contributed by atoms with Crippen LogP contribution in [0.5, 0.6) is 0 Å². The van der Waals surface area contributed by atoms with Crippen molar-refractivity contribution in [3.63, 3.8) is 0 Å². The molecule has 1 atom stereocenters. The molecule has 2 fully saturated rings. The fraction of sp³-hybridized carbons (Fsp3) is 0.692. The van der Waals surface area contributed by atoms with Crippen LogP contribution in [-0.2, 0) is 0 Å². The van der Waals surface area contributed by atoms with Gasteiger partial charge in [0.25, 0.3) is 5.56 Å². The quantitative estimate of drug-likeness (QED) is 0.821. The minimum Gasteiger partial charge on any atom is -0.355 e. The van der Waals surface area contributed by atoms with Gasteiger partial charge in [0.15, 0.2) is 0 Å². The molecular formula is C13H19BrN4O. The maximum absolute atomic E-state index is 11.7. The Balaban J connectivity index is 1.85.